The Morgan fingerprint density at radius 3 is 2.67 bits per heavy atom. The second kappa shape index (κ2) is 6.57. The molecule has 0 bridgehead atoms. The zero-order chi connectivity index (χ0) is 17.1. The highest BCUT2D eigenvalue weighted by Gasteiger charge is 2.08. The minimum atomic E-state index is -0.215. The number of aromatic nitrogens is 4. The molecule has 2 heterocycles. The molecular formula is C17H17N5O2. The van der Waals surface area contributed by atoms with Crippen LogP contribution in [0.25, 0.3) is 11.0 Å². The van der Waals surface area contributed by atoms with Gasteiger partial charge < -0.3 is 5.32 Å². The van der Waals surface area contributed by atoms with E-state index < -0.39 is 0 Å². The topological polar surface area (TPSA) is 89.8 Å². The van der Waals surface area contributed by atoms with Gasteiger partial charge in [-0.15, -0.1) is 0 Å². The molecule has 7 heteroatoms. The summed E-state index contributed by atoms with van der Waals surface area (Å²) in [6.45, 7) is 4.24. The fourth-order valence-electron chi connectivity index (χ4n) is 2.33. The molecule has 0 atom stereocenters. The summed E-state index contributed by atoms with van der Waals surface area (Å²) in [7, 11) is 0. The molecule has 0 aliphatic rings. The molecular weight excluding hydrogens is 306 g/mol. The largest absolute Gasteiger partial charge is 0.350 e. The molecule has 1 amide bonds. The molecule has 0 fully saturated rings. The predicted molar refractivity (Wildman–Crippen MR) is 89.8 cm³/mol. The van der Waals surface area contributed by atoms with Crippen molar-refractivity contribution in [1.29, 1.82) is 0 Å². The van der Waals surface area contributed by atoms with Gasteiger partial charge in [-0.1, -0.05) is 0 Å². The summed E-state index contributed by atoms with van der Waals surface area (Å²) in [6.07, 6.45) is 4.70. The minimum absolute atomic E-state index is 0.0854. The summed E-state index contributed by atoms with van der Waals surface area (Å²) in [6, 6.07) is 5.16. The molecule has 3 aromatic rings. The van der Waals surface area contributed by atoms with Gasteiger partial charge in [0.1, 0.15) is 0 Å². The van der Waals surface area contributed by atoms with Crippen LogP contribution in [0.5, 0.6) is 0 Å². The third kappa shape index (κ3) is 3.15. The smallest absolute Gasteiger partial charge is 0.256 e. The fraction of sp³-hybridized carbons (Fsp3) is 0.235. The number of rotatable bonds is 4. The second-order valence-electron chi connectivity index (χ2n) is 5.47. The number of aryl methyl sites for hydroxylation is 1. The van der Waals surface area contributed by atoms with E-state index in [1.807, 2.05) is 0 Å². The number of nitrogens with zero attached hydrogens (tertiary/aromatic N) is 4. The van der Waals surface area contributed by atoms with Crippen LogP contribution in [0.2, 0.25) is 0 Å². The molecule has 1 N–H and O–H groups in total. The van der Waals surface area contributed by atoms with Crippen LogP contribution < -0.4 is 10.9 Å². The number of benzene rings is 1. The summed E-state index contributed by atoms with van der Waals surface area (Å²) in [5.41, 5.74) is 3.17. The average molecular weight is 323 g/mol. The first-order chi connectivity index (χ1) is 11.6. The van der Waals surface area contributed by atoms with Crippen molar-refractivity contribution >= 4 is 16.9 Å². The van der Waals surface area contributed by atoms with E-state index in [0.29, 0.717) is 29.7 Å². The van der Waals surface area contributed by atoms with Gasteiger partial charge in [-0.3, -0.25) is 24.1 Å². The van der Waals surface area contributed by atoms with Crippen LogP contribution in [0.4, 0.5) is 0 Å². The summed E-state index contributed by atoms with van der Waals surface area (Å²) in [4.78, 5) is 36.8. The Bertz CT molecular complexity index is 965. The first kappa shape index (κ1) is 15.8. The first-order valence-electron chi connectivity index (χ1n) is 7.58. The number of amides is 1. The normalized spacial score (nSPS) is 10.8. The van der Waals surface area contributed by atoms with Gasteiger partial charge in [-0.05, 0) is 32.0 Å². The van der Waals surface area contributed by atoms with Gasteiger partial charge in [0.25, 0.3) is 11.5 Å². The summed E-state index contributed by atoms with van der Waals surface area (Å²) >= 11 is 0. The Morgan fingerprint density at radius 1 is 1.12 bits per heavy atom. The Kier molecular flexibility index (Phi) is 4.33. The monoisotopic (exact) mass is 323 g/mol. The molecule has 1 aromatic carbocycles. The molecule has 0 radical (unpaired) electrons. The molecule has 7 nitrogen and oxygen atoms in total. The Hall–Kier alpha value is -3.09. The lowest BCUT2D eigenvalue weighted by atomic mass is 10.2. The number of nitrogens with one attached hydrogen (secondary N) is 1. The van der Waals surface area contributed by atoms with Crippen molar-refractivity contribution in [2.45, 2.75) is 20.4 Å². The Labute approximate surface area is 138 Å². The van der Waals surface area contributed by atoms with Gasteiger partial charge >= 0.3 is 0 Å². The van der Waals surface area contributed by atoms with E-state index in [0.717, 1.165) is 11.2 Å². The molecule has 122 valence electrons. The second-order valence-corrected chi connectivity index (χ2v) is 5.47. The first-order valence-corrected chi connectivity index (χ1v) is 7.58. The van der Waals surface area contributed by atoms with Gasteiger partial charge in [-0.2, -0.15) is 0 Å². The maximum absolute atomic E-state index is 12.2. The lowest BCUT2D eigenvalue weighted by Gasteiger charge is -2.09. The van der Waals surface area contributed by atoms with Crippen LogP contribution in [0.1, 0.15) is 21.6 Å². The zero-order valence-corrected chi connectivity index (χ0v) is 13.5. The van der Waals surface area contributed by atoms with Crippen molar-refractivity contribution in [2.24, 2.45) is 0 Å². The van der Waals surface area contributed by atoms with Crippen molar-refractivity contribution in [1.82, 2.24) is 24.8 Å². The van der Waals surface area contributed by atoms with E-state index in [4.69, 9.17) is 0 Å². The minimum Gasteiger partial charge on any atom is -0.350 e. The van der Waals surface area contributed by atoms with Crippen molar-refractivity contribution in [3.63, 3.8) is 0 Å². The zero-order valence-electron chi connectivity index (χ0n) is 13.5. The fourth-order valence-corrected chi connectivity index (χ4v) is 2.33. The molecule has 0 spiro atoms. The SMILES string of the molecule is Cc1ncn(CCNC(=O)c2ccc3nccnc3c2)c(=O)c1C. The van der Waals surface area contributed by atoms with Gasteiger partial charge in [-0.25, -0.2) is 4.98 Å². The highest BCUT2D eigenvalue weighted by Crippen LogP contribution is 2.10. The van der Waals surface area contributed by atoms with Crippen molar-refractivity contribution in [3.05, 3.63) is 64.1 Å². The quantitative estimate of drug-likeness (QED) is 0.780. The number of carbonyl (C=O) groups is 1. The van der Waals surface area contributed by atoms with Gasteiger partial charge in [0.05, 0.1) is 17.4 Å². The molecule has 24 heavy (non-hydrogen) atoms. The lowest BCUT2D eigenvalue weighted by Crippen LogP contribution is -2.32. The van der Waals surface area contributed by atoms with E-state index in [-0.39, 0.29) is 11.5 Å². The maximum atomic E-state index is 12.2. The van der Waals surface area contributed by atoms with Crippen molar-refractivity contribution in [3.8, 4) is 0 Å². The summed E-state index contributed by atoms with van der Waals surface area (Å²) < 4.78 is 1.49. The van der Waals surface area contributed by atoms with E-state index >= 15 is 0 Å². The Balaban J connectivity index is 1.67. The van der Waals surface area contributed by atoms with Crippen LogP contribution in [0.3, 0.4) is 0 Å². The number of carbonyl (C=O) groups excluding carboxylic acids is 1. The number of fused-ring (bicyclic) bond motifs is 1. The van der Waals surface area contributed by atoms with Crippen molar-refractivity contribution in [2.75, 3.05) is 6.54 Å². The molecule has 0 saturated carbocycles. The Morgan fingerprint density at radius 2 is 1.88 bits per heavy atom. The van der Waals surface area contributed by atoms with Crippen LogP contribution in [-0.4, -0.2) is 32.0 Å². The average Bonchev–Trinajstić information content (AvgIpc) is 2.61. The van der Waals surface area contributed by atoms with E-state index in [9.17, 15) is 9.59 Å². The van der Waals surface area contributed by atoms with Gasteiger partial charge in [0, 0.05) is 42.3 Å². The van der Waals surface area contributed by atoms with Gasteiger partial charge in [0.15, 0.2) is 0 Å². The van der Waals surface area contributed by atoms with Crippen LogP contribution >= 0.6 is 0 Å². The maximum Gasteiger partial charge on any atom is 0.256 e. The van der Waals surface area contributed by atoms with Gasteiger partial charge in [0.2, 0.25) is 0 Å². The highest BCUT2D eigenvalue weighted by atomic mass is 16.1. The molecule has 0 aliphatic heterocycles. The third-order valence-corrected chi connectivity index (χ3v) is 3.88. The number of hydrogen-bond donors (Lipinski definition) is 1. The van der Waals surface area contributed by atoms with Crippen LogP contribution in [0.15, 0.2) is 41.7 Å². The lowest BCUT2D eigenvalue weighted by molar-refractivity contribution is 0.0952. The molecule has 0 saturated heterocycles. The molecule has 2 aromatic heterocycles. The molecule has 0 aliphatic carbocycles. The standard InChI is InChI=1S/C17H17N5O2/c1-11-12(2)21-10-22(17(11)24)8-7-20-16(23)13-3-4-14-15(9-13)19-6-5-18-14/h3-6,9-10H,7-8H2,1-2H3,(H,20,23). The van der Waals surface area contributed by atoms with Crippen LogP contribution in [0, 0.1) is 13.8 Å². The van der Waals surface area contributed by atoms with E-state index in [1.165, 1.54) is 10.9 Å². The number of hydrogen-bond acceptors (Lipinski definition) is 5. The van der Waals surface area contributed by atoms with E-state index in [1.54, 1.807) is 44.4 Å². The molecule has 0 unspecified atom stereocenters. The third-order valence-electron chi connectivity index (χ3n) is 3.88. The van der Waals surface area contributed by atoms with Crippen LogP contribution in [-0.2, 0) is 6.54 Å². The van der Waals surface area contributed by atoms with Crippen molar-refractivity contribution < 1.29 is 4.79 Å². The summed E-state index contributed by atoms with van der Waals surface area (Å²) in [5, 5.41) is 2.80. The predicted octanol–water partition coefficient (Wildman–Crippen LogP) is 1.23. The highest BCUT2D eigenvalue weighted by molar-refractivity contribution is 5.97. The van der Waals surface area contributed by atoms with E-state index in [2.05, 4.69) is 20.3 Å². The summed E-state index contributed by atoms with van der Waals surface area (Å²) in [5.74, 6) is -0.215. The molecule has 3 rings (SSSR count).